The Morgan fingerprint density at radius 1 is 1.09 bits per heavy atom. The second kappa shape index (κ2) is 0.953. The lowest BCUT2D eigenvalue weighted by Gasteiger charge is -2.91. The Hall–Kier alpha value is -0.0400. The van der Waals surface area contributed by atoms with Gasteiger partial charge in [0.2, 0.25) is 0 Å². The second-order valence-electron chi connectivity index (χ2n) is 5.57. The van der Waals surface area contributed by atoms with Crippen molar-refractivity contribution in [1.29, 1.82) is 0 Å². The highest BCUT2D eigenvalue weighted by atomic mass is 16.3. The summed E-state index contributed by atoms with van der Waals surface area (Å²) in [4.78, 5) is 0. The van der Waals surface area contributed by atoms with Gasteiger partial charge in [0, 0.05) is 12.0 Å². The predicted octanol–water partition coefficient (Wildman–Crippen LogP) is 0.737. The van der Waals surface area contributed by atoms with E-state index in [4.69, 9.17) is 0 Å². The van der Waals surface area contributed by atoms with E-state index < -0.39 is 0 Å². The second-order valence-corrected chi connectivity index (χ2v) is 5.57. The molecule has 0 spiro atoms. The van der Waals surface area contributed by atoms with Crippen molar-refractivity contribution in [3.8, 4) is 0 Å². The van der Waals surface area contributed by atoms with Gasteiger partial charge in [-0.3, -0.25) is 0 Å². The smallest absolute Gasteiger partial charge is 0.0496 e. The van der Waals surface area contributed by atoms with E-state index in [0.29, 0.717) is 12.0 Å². The monoisotopic (exact) mass is 148 g/mol. The van der Waals surface area contributed by atoms with Crippen molar-refractivity contribution in [2.75, 3.05) is 6.61 Å². The van der Waals surface area contributed by atoms with Crippen LogP contribution in [0.15, 0.2) is 0 Å². The fourth-order valence-corrected chi connectivity index (χ4v) is 6.45. The van der Waals surface area contributed by atoms with Crippen LogP contribution in [0, 0.1) is 46.8 Å². The zero-order valence-corrected chi connectivity index (χ0v) is 6.40. The molecule has 58 valence electrons. The molecule has 1 heteroatoms. The molecule has 11 heavy (non-hydrogen) atoms. The van der Waals surface area contributed by atoms with Gasteiger partial charge in [-0.15, -0.1) is 0 Å². The molecular formula is C10H12O. The first-order valence-corrected chi connectivity index (χ1v) is 5.02. The zero-order valence-electron chi connectivity index (χ0n) is 6.40. The van der Waals surface area contributed by atoms with Gasteiger partial charge in [-0.1, -0.05) is 0 Å². The molecule has 6 rings (SSSR count). The van der Waals surface area contributed by atoms with Crippen LogP contribution < -0.4 is 0 Å². The molecule has 6 fully saturated rings. The fraction of sp³-hybridized carbons (Fsp3) is 1.00. The van der Waals surface area contributed by atoms with Gasteiger partial charge in [-0.05, 0) is 47.8 Å². The third-order valence-corrected chi connectivity index (χ3v) is 6.25. The van der Waals surface area contributed by atoms with Crippen LogP contribution in [-0.4, -0.2) is 11.7 Å². The molecule has 0 aromatic carbocycles. The minimum atomic E-state index is 0.531. The highest BCUT2D eigenvalue weighted by Gasteiger charge is 2.97. The third kappa shape index (κ3) is 0.195. The standard InChI is InChI=1S/C10H12O/c11-2-10-7-4-1-3-5(7)9(10)6(3)8(4)10/h3-9,11H,1-2H2/t3?,4?,5-,6+,7-,8+,9?,10?. The van der Waals surface area contributed by atoms with Crippen LogP contribution in [0.5, 0.6) is 0 Å². The van der Waals surface area contributed by atoms with Gasteiger partial charge in [0.05, 0.1) is 0 Å². The van der Waals surface area contributed by atoms with Crippen molar-refractivity contribution in [2.24, 2.45) is 46.8 Å². The molecule has 6 saturated carbocycles. The van der Waals surface area contributed by atoms with E-state index in [1.165, 1.54) is 0 Å². The number of hydrogen-bond acceptors (Lipinski definition) is 1. The zero-order chi connectivity index (χ0) is 6.96. The van der Waals surface area contributed by atoms with Gasteiger partial charge in [-0.25, -0.2) is 0 Å². The Kier molecular flexibility index (Phi) is 0.421. The summed E-state index contributed by atoms with van der Waals surface area (Å²) in [5.74, 6) is 7.60. The summed E-state index contributed by atoms with van der Waals surface area (Å²) in [5.41, 5.74) is 0.549. The first-order valence-electron chi connectivity index (χ1n) is 5.02. The summed E-state index contributed by atoms with van der Waals surface area (Å²) in [7, 11) is 0. The van der Waals surface area contributed by atoms with Crippen LogP contribution in [-0.2, 0) is 0 Å². The maximum absolute atomic E-state index is 9.34. The Morgan fingerprint density at radius 3 is 2.36 bits per heavy atom. The Balaban J connectivity index is 1.79. The lowest BCUT2D eigenvalue weighted by atomic mass is 9.13. The molecule has 1 nitrogen and oxygen atoms in total. The molecule has 0 aromatic rings. The predicted molar refractivity (Wildman–Crippen MR) is 38.6 cm³/mol. The van der Waals surface area contributed by atoms with Crippen molar-refractivity contribution in [1.82, 2.24) is 0 Å². The Bertz CT molecular complexity index is 261. The van der Waals surface area contributed by atoms with Crippen molar-refractivity contribution in [2.45, 2.75) is 6.42 Å². The van der Waals surface area contributed by atoms with Gasteiger partial charge < -0.3 is 5.11 Å². The van der Waals surface area contributed by atoms with Gasteiger partial charge in [0.15, 0.2) is 0 Å². The minimum absolute atomic E-state index is 0.531. The first kappa shape index (κ1) is 4.86. The maximum atomic E-state index is 9.34. The third-order valence-electron chi connectivity index (χ3n) is 6.25. The van der Waals surface area contributed by atoms with E-state index in [9.17, 15) is 5.11 Å². The van der Waals surface area contributed by atoms with Crippen molar-refractivity contribution in [3.05, 3.63) is 0 Å². The van der Waals surface area contributed by atoms with Gasteiger partial charge >= 0.3 is 0 Å². The molecule has 0 heterocycles. The molecule has 0 saturated heterocycles. The summed E-state index contributed by atoms with van der Waals surface area (Å²) in [6.07, 6.45) is 1.56. The quantitative estimate of drug-likeness (QED) is 0.581. The molecular weight excluding hydrogens is 136 g/mol. The summed E-state index contributed by atoms with van der Waals surface area (Å²) in [6.45, 7) is 0.531. The average molecular weight is 148 g/mol. The van der Waals surface area contributed by atoms with Crippen LogP contribution in [0.2, 0.25) is 0 Å². The van der Waals surface area contributed by atoms with Gasteiger partial charge in [0.25, 0.3) is 0 Å². The molecule has 0 amide bonds. The molecule has 0 aliphatic heterocycles. The molecule has 1 N–H and O–H groups in total. The maximum Gasteiger partial charge on any atom is 0.0496 e. The van der Waals surface area contributed by atoms with Gasteiger partial charge in [0.1, 0.15) is 0 Å². The van der Waals surface area contributed by atoms with Crippen LogP contribution in [0.4, 0.5) is 0 Å². The van der Waals surface area contributed by atoms with E-state index >= 15 is 0 Å². The Morgan fingerprint density at radius 2 is 1.82 bits per heavy atom. The molecule has 4 unspecified atom stereocenters. The minimum Gasteiger partial charge on any atom is -0.396 e. The SMILES string of the molecule is OCC12C3[C@@H]4C5CC([C@H]41)[C@H]2[C@H]53. The van der Waals surface area contributed by atoms with Crippen LogP contribution >= 0.6 is 0 Å². The normalized spacial score (nSPS) is 89.7. The topological polar surface area (TPSA) is 20.2 Å². The van der Waals surface area contributed by atoms with E-state index in [-0.39, 0.29) is 0 Å². The van der Waals surface area contributed by atoms with Crippen molar-refractivity contribution < 1.29 is 5.11 Å². The molecule has 2 bridgehead atoms. The van der Waals surface area contributed by atoms with Crippen LogP contribution in [0.3, 0.4) is 0 Å². The molecule has 8 atom stereocenters. The van der Waals surface area contributed by atoms with E-state index in [0.717, 1.165) is 41.4 Å². The van der Waals surface area contributed by atoms with E-state index in [1.807, 2.05) is 0 Å². The molecule has 6 aliphatic carbocycles. The first-order chi connectivity index (χ1) is 5.41. The molecule has 0 radical (unpaired) electrons. The molecule has 6 aliphatic rings. The highest BCUT2D eigenvalue weighted by molar-refractivity contribution is 5.43. The van der Waals surface area contributed by atoms with Crippen LogP contribution in [0.25, 0.3) is 0 Å². The summed E-state index contributed by atoms with van der Waals surface area (Å²) >= 11 is 0. The number of aliphatic hydroxyl groups excluding tert-OH is 1. The lowest BCUT2D eigenvalue weighted by Crippen LogP contribution is -2.89. The number of rotatable bonds is 1. The Labute approximate surface area is 65.8 Å². The summed E-state index contributed by atoms with van der Waals surface area (Å²) in [6, 6.07) is 0. The number of hydrogen-bond donors (Lipinski definition) is 1. The largest absolute Gasteiger partial charge is 0.396 e. The highest BCUT2D eigenvalue weighted by Crippen LogP contribution is 2.99. The fourth-order valence-electron chi connectivity index (χ4n) is 6.45. The van der Waals surface area contributed by atoms with Crippen molar-refractivity contribution >= 4 is 0 Å². The van der Waals surface area contributed by atoms with Crippen LogP contribution in [0.1, 0.15) is 6.42 Å². The van der Waals surface area contributed by atoms with E-state index in [2.05, 4.69) is 0 Å². The number of aliphatic hydroxyl groups is 1. The van der Waals surface area contributed by atoms with Crippen molar-refractivity contribution in [3.63, 3.8) is 0 Å². The van der Waals surface area contributed by atoms with E-state index in [1.54, 1.807) is 6.42 Å². The molecule has 0 aromatic heterocycles. The summed E-state index contributed by atoms with van der Waals surface area (Å²) < 4.78 is 0. The lowest BCUT2D eigenvalue weighted by molar-refractivity contribution is -0.455. The average Bonchev–Trinajstić information content (AvgIpc) is 2.27. The van der Waals surface area contributed by atoms with Gasteiger partial charge in [-0.2, -0.15) is 0 Å². The summed E-state index contributed by atoms with van der Waals surface area (Å²) in [5, 5.41) is 9.34.